The van der Waals surface area contributed by atoms with E-state index in [2.05, 4.69) is 0 Å². The fraction of sp³-hybridized carbons (Fsp3) is 0.545. The predicted molar refractivity (Wildman–Crippen MR) is 56.5 cm³/mol. The van der Waals surface area contributed by atoms with Crippen LogP contribution in [0.25, 0.3) is 0 Å². The molecular weight excluding hydrogens is 210 g/mol. The monoisotopic (exact) mass is 225 g/mol. The molecule has 0 aromatic rings. The van der Waals surface area contributed by atoms with Crippen molar-refractivity contribution in [3.05, 3.63) is 11.6 Å². The van der Waals surface area contributed by atoms with Crippen LogP contribution in [0.3, 0.4) is 0 Å². The minimum atomic E-state index is -1.08. The zero-order valence-electron chi connectivity index (χ0n) is 9.61. The first-order valence-electron chi connectivity index (χ1n) is 5.09. The number of rotatable bonds is 4. The van der Waals surface area contributed by atoms with Gasteiger partial charge < -0.3 is 5.11 Å². The number of aliphatic carboxylic acids is 1. The maximum Gasteiger partial charge on any atom is 0.311 e. The Morgan fingerprint density at radius 2 is 2.06 bits per heavy atom. The Morgan fingerprint density at radius 3 is 2.38 bits per heavy atom. The van der Waals surface area contributed by atoms with Crippen LogP contribution in [0.15, 0.2) is 11.6 Å². The summed E-state index contributed by atoms with van der Waals surface area (Å²) >= 11 is 0. The molecule has 5 heteroatoms. The SMILES string of the molecule is CCC(C)(CN1C(=O)C=C(C)C1=O)C(=O)O. The lowest BCUT2D eigenvalue weighted by molar-refractivity contribution is -0.151. The molecule has 0 saturated carbocycles. The fourth-order valence-corrected chi connectivity index (χ4v) is 1.47. The van der Waals surface area contributed by atoms with E-state index in [1.54, 1.807) is 13.8 Å². The molecule has 1 rings (SSSR count). The molecule has 1 heterocycles. The van der Waals surface area contributed by atoms with Crippen LogP contribution < -0.4 is 0 Å². The van der Waals surface area contributed by atoms with E-state index in [1.807, 2.05) is 0 Å². The largest absolute Gasteiger partial charge is 0.481 e. The van der Waals surface area contributed by atoms with Crippen molar-refractivity contribution >= 4 is 17.8 Å². The summed E-state index contributed by atoms with van der Waals surface area (Å²) in [6.45, 7) is 4.72. The molecule has 0 spiro atoms. The first kappa shape index (κ1) is 12.4. The van der Waals surface area contributed by atoms with E-state index in [0.717, 1.165) is 4.90 Å². The number of hydrogen-bond donors (Lipinski definition) is 1. The lowest BCUT2D eigenvalue weighted by Crippen LogP contribution is -2.43. The molecule has 0 bridgehead atoms. The zero-order chi connectivity index (χ0) is 12.5. The van der Waals surface area contributed by atoms with Crippen molar-refractivity contribution in [3.8, 4) is 0 Å². The third-order valence-corrected chi connectivity index (χ3v) is 2.99. The van der Waals surface area contributed by atoms with Crippen LogP contribution in [0, 0.1) is 5.41 Å². The van der Waals surface area contributed by atoms with Crippen LogP contribution in [0.1, 0.15) is 27.2 Å². The average Bonchev–Trinajstić information content (AvgIpc) is 2.44. The van der Waals surface area contributed by atoms with Gasteiger partial charge in [0.25, 0.3) is 11.8 Å². The van der Waals surface area contributed by atoms with Crippen molar-refractivity contribution in [1.82, 2.24) is 4.90 Å². The summed E-state index contributed by atoms with van der Waals surface area (Å²) in [7, 11) is 0. The molecule has 0 radical (unpaired) electrons. The second-order valence-corrected chi connectivity index (χ2v) is 4.28. The Bertz CT molecular complexity index is 385. The lowest BCUT2D eigenvalue weighted by atomic mass is 9.87. The van der Waals surface area contributed by atoms with Gasteiger partial charge in [-0.25, -0.2) is 0 Å². The van der Waals surface area contributed by atoms with Crippen molar-refractivity contribution in [3.63, 3.8) is 0 Å². The van der Waals surface area contributed by atoms with Gasteiger partial charge in [0, 0.05) is 18.2 Å². The smallest absolute Gasteiger partial charge is 0.311 e. The fourth-order valence-electron chi connectivity index (χ4n) is 1.47. The number of carbonyl (C=O) groups excluding carboxylic acids is 2. The first-order valence-corrected chi connectivity index (χ1v) is 5.09. The van der Waals surface area contributed by atoms with E-state index in [0.29, 0.717) is 12.0 Å². The topological polar surface area (TPSA) is 74.7 Å². The van der Waals surface area contributed by atoms with E-state index in [9.17, 15) is 14.4 Å². The number of carbonyl (C=O) groups is 3. The Morgan fingerprint density at radius 1 is 1.50 bits per heavy atom. The lowest BCUT2D eigenvalue weighted by Gasteiger charge is -2.27. The number of carboxylic acid groups (broad SMARTS) is 1. The third kappa shape index (κ3) is 1.98. The average molecular weight is 225 g/mol. The molecule has 1 aliphatic heterocycles. The molecule has 16 heavy (non-hydrogen) atoms. The van der Waals surface area contributed by atoms with Crippen LogP contribution in [0.5, 0.6) is 0 Å². The van der Waals surface area contributed by atoms with Crippen molar-refractivity contribution in [2.75, 3.05) is 6.54 Å². The standard InChI is InChI=1S/C11H15NO4/c1-4-11(3,10(15)16)6-12-8(13)5-7(2)9(12)14/h5H,4,6H2,1-3H3,(H,15,16). The highest BCUT2D eigenvalue weighted by Crippen LogP contribution is 2.25. The van der Waals surface area contributed by atoms with Crippen molar-refractivity contribution in [2.45, 2.75) is 27.2 Å². The minimum Gasteiger partial charge on any atom is -0.481 e. The highest BCUT2D eigenvalue weighted by atomic mass is 16.4. The number of nitrogens with zero attached hydrogens (tertiary/aromatic N) is 1. The molecule has 88 valence electrons. The molecule has 0 aromatic heterocycles. The van der Waals surface area contributed by atoms with Crippen molar-refractivity contribution < 1.29 is 19.5 Å². The molecule has 0 aromatic carbocycles. The van der Waals surface area contributed by atoms with E-state index in [-0.39, 0.29) is 6.54 Å². The second-order valence-electron chi connectivity index (χ2n) is 4.28. The molecule has 1 aliphatic rings. The molecule has 1 unspecified atom stereocenters. The number of hydrogen-bond acceptors (Lipinski definition) is 3. The van der Waals surface area contributed by atoms with Crippen LogP contribution in [-0.4, -0.2) is 34.3 Å². The Kier molecular flexibility index (Phi) is 3.16. The maximum absolute atomic E-state index is 11.6. The summed E-state index contributed by atoms with van der Waals surface area (Å²) in [6, 6.07) is 0. The van der Waals surface area contributed by atoms with Gasteiger partial charge in [-0.05, 0) is 20.3 Å². The third-order valence-electron chi connectivity index (χ3n) is 2.99. The van der Waals surface area contributed by atoms with Gasteiger partial charge in [-0.1, -0.05) is 6.92 Å². The van der Waals surface area contributed by atoms with Crippen molar-refractivity contribution in [2.24, 2.45) is 5.41 Å². The summed E-state index contributed by atoms with van der Waals surface area (Å²) in [5, 5.41) is 9.06. The van der Waals surface area contributed by atoms with Gasteiger partial charge in [0.15, 0.2) is 0 Å². The normalized spacial score (nSPS) is 19.7. The molecule has 0 aliphatic carbocycles. The van der Waals surface area contributed by atoms with Gasteiger partial charge in [0.2, 0.25) is 0 Å². The van der Waals surface area contributed by atoms with Crippen molar-refractivity contribution in [1.29, 1.82) is 0 Å². The minimum absolute atomic E-state index is 0.0790. The quantitative estimate of drug-likeness (QED) is 0.718. The second kappa shape index (κ2) is 4.08. The zero-order valence-corrected chi connectivity index (χ0v) is 9.61. The summed E-state index contributed by atoms with van der Waals surface area (Å²) in [6.07, 6.45) is 1.60. The summed E-state index contributed by atoms with van der Waals surface area (Å²) < 4.78 is 0. The first-order chi connectivity index (χ1) is 7.31. The Balaban J connectivity index is 2.87. The van der Waals surface area contributed by atoms with Gasteiger partial charge >= 0.3 is 5.97 Å². The Hall–Kier alpha value is -1.65. The molecule has 1 N–H and O–H groups in total. The molecular formula is C11H15NO4. The highest BCUT2D eigenvalue weighted by Gasteiger charge is 2.39. The van der Waals surface area contributed by atoms with E-state index < -0.39 is 23.2 Å². The van der Waals surface area contributed by atoms with E-state index in [4.69, 9.17) is 5.11 Å². The highest BCUT2D eigenvalue weighted by molar-refractivity contribution is 6.16. The van der Waals surface area contributed by atoms with Gasteiger partial charge in [-0.3, -0.25) is 19.3 Å². The number of amides is 2. The number of imide groups is 1. The molecule has 1 atom stereocenters. The summed E-state index contributed by atoms with van der Waals surface area (Å²) in [4.78, 5) is 35.1. The molecule has 2 amide bonds. The van der Waals surface area contributed by atoms with Gasteiger partial charge in [0.1, 0.15) is 0 Å². The van der Waals surface area contributed by atoms with Gasteiger partial charge in [-0.15, -0.1) is 0 Å². The summed E-state index contributed by atoms with van der Waals surface area (Å²) in [5.74, 6) is -1.82. The van der Waals surface area contributed by atoms with E-state index in [1.165, 1.54) is 13.0 Å². The van der Waals surface area contributed by atoms with Gasteiger partial charge in [-0.2, -0.15) is 0 Å². The summed E-state index contributed by atoms with van der Waals surface area (Å²) in [5.41, 5.74) is -0.724. The van der Waals surface area contributed by atoms with Gasteiger partial charge in [0.05, 0.1) is 5.41 Å². The van der Waals surface area contributed by atoms with Crippen LogP contribution in [0.4, 0.5) is 0 Å². The molecule has 5 nitrogen and oxygen atoms in total. The van der Waals surface area contributed by atoms with Crippen LogP contribution >= 0.6 is 0 Å². The number of carboxylic acids is 1. The molecule has 0 fully saturated rings. The maximum atomic E-state index is 11.6. The van der Waals surface area contributed by atoms with Crippen LogP contribution in [-0.2, 0) is 14.4 Å². The van der Waals surface area contributed by atoms with Crippen LogP contribution in [0.2, 0.25) is 0 Å². The Labute approximate surface area is 93.7 Å². The molecule has 0 saturated heterocycles. The predicted octanol–water partition coefficient (Wildman–Crippen LogP) is 0.802. The van der Waals surface area contributed by atoms with E-state index >= 15 is 0 Å².